The van der Waals surface area contributed by atoms with Crippen LogP contribution in [0.5, 0.6) is 0 Å². The number of anilines is 3. The van der Waals surface area contributed by atoms with E-state index in [0.29, 0.717) is 24.0 Å². The van der Waals surface area contributed by atoms with Gasteiger partial charge in [0.1, 0.15) is 5.54 Å². The first-order chi connectivity index (χ1) is 20.6. The number of rotatable bonds is 9. The fraction of sp³-hybridized carbons (Fsp3) is 0.171. The van der Waals surface area contributed by atoms with Crippen molar-refractivity contribution in [3.8, 4) is 0 Å². The number of hydrogen-bond donors (Lipinski definition) is 2. The molecule has 2 aromatic heterocycles. The first-order valence-corrected chi connectivity index (χ1v) is 14.3. The van der Waals surface area contributed by atoms with Crippen LogP contribution in [-0.2, 0) is 12.0 Å². The summed E-state index contributed by atoms with van der Waals surface area (Å²) >= 11 is 0. The molecule has 0 radical (unpaired) electrons. The zero-order valence-electron chi connectivity index (χ0n) is 23.4. The van der Waals surface area contributed by atoms with Crippen LogP contribution in [0.2, 0.25) is 0 Å². The van der Waals surface area contributed by atoms with Crippen molar-refractivity contribution in [3.63, 3.8) is 0 Å². The lowest BCUT2D eigenvalue weighted by Gasteiger charge is -2.37. The van der Waals surface area contributed by atoms with E-state index in [0.717, 1.165) is 40.8 Å². The van der Waals surface area contributed by atoms with E-state index >= 15 is 0 Å². The second-order valence-corrected chi connectivity index (χ2v) is 11.0. The molecule has 6 aromatic rings. The van der Waals surface area contributed by atoms with Gasteiger partial charge in [0.15, 0.2) is 5.65 Å². The molecule has 7 nitrogen and oxygen atoms in total. The van der Waals surface area contributed by atoms with Crippen LogP contribution in [0.4, 0.5) is 17.6 Å². The smallest absolute Gasteiger partial charge is 0.236 e. The van der Waals surface area contributed by atoms with E-state index in [2.05, 4.69) is 78.1 Å². The molecule has 0 bridgehead atoms. The molecule has 0 amide bonds. The third-order valence-corrected chi connectivity index (χ3v) is 8.13. The van der Waals surface area contributed by atoms with Crippen molar-refractivity contribution in [3.05, 3.63) is 150 Å². The molecule has 0 unspecified atom stereocenters. The molecule has 2 N–H and O–H groups in total. The maximum absolute atomic E-state index is 10.8. The summed E-state index contributed by atoms with van der Waals surface area (Å²) in [7, 11) is 1.98. The van der Waals surface area contributed by atoms with Gasteiger partial charge in [0.25, 0.3) is 0 Å². The van der Waals surface area contributed by atoms with Gasteiger partial charge in [-0.1, -0.05) is 109 Å². The lowest BCUT2D eigenvalue weighted by molar-refractivity contribution is 0.151. The third kappa shape index (κ3) is 4.67. The fourth-order valence-electron chi connectivity index (χ4n) is 5.70. The van der Waals surface area contributed by atoms with Gasteiger partial charge in [0.05, 0.1) is 11.8 Å². The van der Waals surface area contributed by atoms with E-state index in [-0.39, 0.29) is 0 Å². The number of nitrogens with zero attached hydrogens (tertiary/aromatic N) is 5. The minimum Gasteiger partial charge on any atom is -0.390 e. The van der Waals surface area contributed by atoms with Crippen LogP contribution in [-0.4, -0.2) is 37.3 Å². The molecule has 208 valence electrons. The van der Waals surface area contributed by atoms with Crippen LogP contribution in [0.3, 0.4) is 0 Å². The van der Waals surface area contributed by atoms with Crippen molar-refractivity contribution in [1.29, 1.82) is 0 Å². The molecule has 0 aliphatic heterocycles. The van der Waals surface area contributed by atoms with Crippen LogP contribution < -0.4 is 10.2 Å². The highest BCUT2D eigenvalue weighted by Crippen LogP contribution is 2.41. The number of benzene rings is 4. The minimum atomic E-state index is -0.792. The molecule has 0 saturated heterocycles. The predicted molar refractivity (Wildman–Crippen MR) is 166 cm³/mol. The standard InChI is InChI=1S/C35H32N6O/c1-40(30-20-12-5-13-21-30)33-38-32(37-31-26(25-36-41(31)33)24-34(42)22-23-34)39-35(27-14-6-2-7-15-27,28-16-8-3-9-17-28)29-18-10-4-11-19-29/h2-21,25,42H,22-24H2,1H3,(H,37,39). The van der Waals surface area contributed by atoms with Crippen LogP contribution in [0.25, 0.3) is 5.65 Å². The van der Waals surface area contributed by atoms with Crippen LogP contribution in [0.1, 0.15) is 35.1 Å². The summed E-state index contributed by atoms with van der Waals surface area (Å²) in [6, 6.07) is 41.3. The molecule has 4 aromatic carbocycles. The number of fused-ring (bicyclic) bond motifs is 1. The van der Waals surface area contributed by atoms with E-state index in [4.69, 9.17) is 15.1 Å². The average Bonchev–Trinajstić information content (AvgIpc) is 3.66. The van der Waals surface area contributed by atoms with Crippen molar-refractivity contribution < 1.29 is 5.11 Å². The van der Waals surface area contributed by atoms with Gasteiger partial charge >= 0.3 is 0 Å². The molecular weight excluding hydrogens is 520 g/mol. The number of hydrogen-bond acceptors (Lipinski definition) is 6. The molecular formula is C35H32N6O. The Labute approximate surface area is 245 Å². The highest BCUT2D eigenvalue weighted by atomic mass is 16.3. The molecule has 7 heteroatoms. The highest BCUT2D eigenvalue weighted by molar-refractivity contribution is 5.64. The van der Waals surface area contributed by atoms with Gasteiger partial charge in [-0.2, -0.15) is 19.6 Å². The molecule has 1 saturated carbocycles. The average molecular weight is 553 g/mol. The molecule has 1 aliphatic carbocycles. The summed E-state index contributed by atoms with van der Waals surface area (Å²) in [4.78, 5) is 12.2. The SMILES string of the molecule is CN(c1ccccc1)c1nc(NC(c2ccccc2)(c2ccccc2)c2ccccc2)nc2c(CC3(O)CC3)cnn12. The fourth-order valence-corrected chi connectivity index (χ4v) is 5.70. The van der Waals surface area contributed by atoms with Gasteiger partial charge in [-0.15, -0.1) is 0 Å². The zero-order chi connectivity index (χ0) is 28.6. The Morgan fingerprint density at radius 3 is 1.76 bits per heavy atom. The normalized spacial score (nSPS) is 14.0. The van der Waals surface area contributed by atoms with E-state index in [1.165, 1.54) is 0 Å². The van der Waals surface area contributed by atoms with Crippen LogP contribution in [0, 0.1) is 0 Å². The molecule has 1 aliphatic rings. The van der Waals surface area contributed by atoms with Crippen LogP contribution >= 0.6 is 0 Å². The van der Waals surface area contributed by atoms with E-state index in [1.54, 1.807) is 4.52 Å². The number of aliphatic hydroxyl groups is 1. The van der Waals surface area contributed by atoms with Gasteiger partial charge in [0.2, 0.25) is 11.9 Å². The van der Waals surface area contributed by atoms with Gasteiger partial charge < -0.3 is 15.3 Å². The summed E-state index contributed by atoms with van der Waals surface area (Å²) in [5.41, 5.74) is 4.25. The summed E-state index contributed by atoms with van der Waals surface area (Å²) in [6.07, 6.45) is 3.89. The van der Waals surface area contributed by atoms with E-state index in [1.807, 2.05) is 66.7 Å². The number of para-hydroxylation sites is 1. The molecule has 0 spiro atoms. The molecule has 7 rings (SSSR count). The Kier molecular flexibility index (Phi) is 6.44. The summed E-state index contributed by atoms with van der Waals surface area (Å²) in [5.74, 6) is 1.08. The second-order valence-electron chi connectivity index (χ2n) is 11.0. The van der Waals surface area contributed by atoms with Gasteiger partial charge in [0, 0.05) is 24.7 Å². The summed E-state index contributed by atoms with van der Waals surface area (Å²) in [6.45, 7) is 0. The molecule has 1 fully saturated rings. The van der Waals surface area contributed by atoms with Crippen molar-refractivity contribution >= 4 is 23.2 Å². The summed E-state index contributed by atoms with van der Waals surface area (Å²) in [5, 5.41) is 19.3. The number of aromatic nitrogens is 4. The molecule has 42 heavy (non-hydrogen) atoms. The highest BCUT2D eigenvalue weighted by Gasteiger charge is 2.41. The Bertz CT molecular complexity index is 1710. The number of nitrogens with one attached hydrogen (secondary N) is 1. The van der Waals surface area contributed by atoms with E-state index < -0.39 is 11.1 Å². The van der Waals surface area contributed by atoms with Crippen molar-refractivity contribution in [2.75, 3.05) is 17.3 Å². The van der Waals surface area contributed by atoms with Crippen LogP contribution in [0.15, 0.2) is 128 Å². The van der Waals surface area contributed by atoms with E-state index in [9.17, 15) is 5.11 Å². The topological polar surface area (TPSA) is 78.6 Å². The third-order valence-electron chi connectivity index (χ3n) is 8.13. The van der Waals surface area contributed by atoms with Gasteiger partial charge in [-0.3, -0.25) is 0 Å². The Hall–Kier alpha value is -5.01. The Morgan fingerprint density at radius 1 is 0.762 bits per heavy atom. The quantitative estimate of drug-likeness (QED) is 0.203. The maximum atomic E-state index is 10.8. The van der Waals surface area contributed by atoms with Gasteiger partial charge in [-0.05, 0) is 41.7 Å². The monoisotopic (exact) mass is 552 g/mol. The molecule has 2 heterocycles. The first kappa shape index (κ1) is 25.9. The van der Waals surface area contributed by atoms with Crippen molar-refractivity contribution in [2.24, 2.45) is 0 Å². The summed E-state index contributed by atoms with van der Waals surface area (Å²) < 4.78 is 1.77. The van der Waals surface area contributed by atoms with Crippen molar-refractivity contribution in [1.82, 2.24) is 19.6 Å². The van der Waals surface area contributed by atoms with Crippen molar-refractivity contribution in [2.45, 2.75) is 30.4 Å². The maximum Gasteiger partial charge on any atom is 0.236 e. The predicted octanol–water partition coefficient (Wildman–Crippen LogP) is 6.36. The lowest BCUT2D eigenvalue weighted by atomic mass is 9.77. The second kappa shape index (κ2) is 10.4. The molecule has 0 atom stereocenters. The lowest BCUT2D eigenvalue weighted by Crippen LogP contribution is -2.39. The Morgan fingerprint density at radius 2 is 1.26 bits per heavy atom. The first-order valence-electron chi connectivity index (χ1n) is 14.3. The Balaban J connectivity index is 1.46. The zero-order valence-corrected chi connectivity index (χ0v) is 23.4. The minimum absolute atomic E-state index is 0.460. The largest absolute Gasteiger partial charge is 0.390 e. The van der Waals surface area contributed by atoms with Gasteiger partial charge in [-0.25, -0.2) is 0 Å².